The van der Waals surface area contributed by atoms with E-state index in [1.165, 1.54) is 0 Å². The lowest BCUT2D eigenvalue weighted by Crippen LogP contribution is -2.45. The molecule has 1 rings (SSSR count). The van der Waals surface area contributed by atoms with Gasteiger partial charge in [0.1, 0.15) is 0 Å². The molecule has 4 heteroatoms. The van der Waals surface area contributed by atoms with Gasteiger partial charge in [-0.05, 0) is 32.6 Å². The molecule has 17 heavy (non-hydrogen) atoms. The maximum atomic E-state index is 11.5. The van der Waals surface area contributed by atoms with Crippen molar-refractivity contribution in [2.45, 2.75) is 58.7 Å². The van der Waals surface area contributed by atoms with E-state index in [-0.39, 0.29) is 11.9 Å². The third kappa shape index (κ3) is 5.50. The van der Waals surface area contributed by atoms with Crippen molar-refractivity contribution in [3.8, 4) is 0 Å². The van der Waals surface area contributed by atoms with Crippen LogP contribution in [0.4, 0.5) is 0 Å². The Hall–Kier alpha value is -0.610. The zero-order valence-corrected chi connectivity index (χ0v) is 11.5. The minimum Gasteiger partial charge on any atom is -0.378 e. The van der Waals surface area contributed by atoms with Gasteiger partial charge in [-0.2, -0.15) is 0 Å². The van der Waals surface area contributed by atoms with Gasteiger partial charge in [0.05, 0.1) is 12.6 Å². The fourth-order valence-corrected chi connectivity index (χ4v) is 2.09. The number of nitrogens with one attached hydrogen (secondary N) is 2. The van der Waals surface area contributed by atoms with Gasteiger partial charge in [-0.25, -0.2) is 0 Å². The number of hydrogen-bond acceptors (Lipinski definition) is 3. The van der Waals surface area contributed by atoms with Crippen molar-refractivity contribution < 1.29 is 9.53 Å². The molecule has 0 radical (unpaired) electrons. The third-order valence-corrected chi connectivity index (χ3v) is 3.06. The van der Waals surface area contributed by atoms with Crippen molar-refractivity contribution in [1.82, 2.24) is 10.6 Å². The highest BCUT2D eigenvalue weighted by atomic mass is 16.5. The quantitative estimate of drug-likeness (QED) is 0.764. The van der Waals surface area contributed by atoms with Crippen LogP contribution in [0.5, 0.6) is 0 Å². The Kier molecular flexibility index (Phi) is 5.92. The normalized spacial score (nSPS) is 25.3. The summed E-state index contributed by atoms with van der Waals surface area (Å²) in [5, 5.41) is 6.20. The summed E-state index contributed by atoms with van der Waals surface area (Å²) in [5.74, 6) is 0.622. The summed E-state index contributed by atoms with van der Waals surface area (Å²) in [4.78, 5) is 11.5. The molecule has 0 aromatic rings. The Balaban J connectivity index is 2.25. The summed E-state index contributed by atoms with van der Waals surface area (Å²) in [6.45, 7) is 9.51. The number of amides is 1. The second kappa shape index (κ2) is 6.97. The van der Waals surface area contributed by atoms with Crippen LogP contribution >= 0.6 is 0 Å². The first kappa shape index (κ1) is 14.5. The number of rotatable bonds is 5. The van der Waals surface area contributed by atoms with Crippen LogP contribution in [0.2, 0.25) is 0 Å². The van der Waals surface area contributed by atoms with Crippen LogP contribution in [0, 0.1) is 5.92 Å². The van der Waals surface area contributed by atoms with Crippen LogP contribution in [0.25, 0.3) is 0 Å². The van der Waals surface area contributed by atoms with E-state index in [1.54, 1.807) is 0 Å². The van der Waals surface area contributed by atoms with E-state index in [4.69, 9.17) is 4.74 Å². The number of carbonyl (C=O) groups excluding carboxylic acids is 1. The molecule has 0 bridgehead atoms. The summed E-state index contributed by atoms with van der Waals surface area (Å²) >= 11 is 0. The van der Waals surface area contributed by atoms with Crippen molar-refractivity contribution >= 4 is 5.91 Å². The van der Waals surface area contributed by atoms with Crippen LogP contribution in [-0.2, 0) is 9.53 Å². The first-order valence-corrected chi connectivity index (χ1v) is 6.63. The van der Waals surface area contributed by atoms with Crippen molar-refractivity contribution in [2.24, 2.45) is 5.92 Å². The molecule has 1 saturated heterocycles. The van der Waals surface area contributed by atoms with E-state index in [9.17, 15) is 4.79 Å². The predicted octanol–water partition coefficient (Wildman–Crippen LogP) is 1.30. The summed E-state index contributed by atoms with van der Waals surface area (Å²) in [6.07, 6.45) is 2.33. The molecule has 2 atom stereocenters. The van der Waals surface area contributed by atoms with E-state index in [0.717, 1.165) is 19.4 Å². The summed E-state index contributed by atoms with van der Waals surface area (Å²) in [5.41, 5.74) is 0. The molecule has 1 heterocycles. The lowest BCUT2D eigenvalue weighted by atomic mass is 9.95. The first-order chi connectivity index (χ1) is 7.99. The maximum Gasteiger partial charge on any atom is 0.234 e. The third-order valence-electron chi connectivity index (χ3n) is 3.06. The van der Waals surface area contributed by atoms with Gasteiger partial charge in [-0.15, -0.1) is 0 Å². The van der Waals surface area contributed by atoms with Gasteiger partial charge in [0.25, 0.3) is 0 Å². The number of hydrogen-bond donors (Lipinski definition) is 2. The molecule has 0 spiro atoms. The smallest absolute Gasteiger partial charge is 0.234 e. The highest BCUT2D eigenvalue weighted by Crippen LogP contribution is 2.19. The molecule has 4 nitrogen and oxygen atoms in total. The second-order valence-corrected chi connectivity index (χ2v) is 5.48. The van der Waals surface area contributed by atoms with Gasteiger partial charge in [-0.3, -0.25) is 4.79 Å². The van der Waals surface area contributed by atoms with E-state index in [1.807, 2.05) is 13.8 Å². The Morgan fingerprint density at radius 1 is 1.35 bits per heavy atom. The number of carbonyl (C=O) groups is 1. The first-order valence-electron chi connectivity index (χ1n) is 6.63. The molecule has 2 unspecified atom stereocenters. The zero-order valence-electron chi connectivity index (χ0n) is 11.5. The minimum absolute atomic E-state index is 0.0765. The van der Waals surface area contributed by atoms with Gasteiger partial charge >= 0.3 is 0 Å². The van der Waals surface area contributed by atoms with E-state index < -0.39 is 0 Å². The van der Waals surface area contributed by atoms with Crippen molar-refractivity contribution in [1.29, 1.82) is 0 Å². The molecular formula is C13H26N2O2. The Labute approximate surface area is 104 Å². The average molecular weight is 242 g/mol. The van der Waals surface area contributed by atoms with E-state index in [0.29, 0.717) is 24.6 Å². The Bertz CT molecular complexity index is 242. The van der Waals surface area contributed by atoms with Crippen LogP contribution in [0.15, 0.2) is 0 Å². The number of ether oxygens (including phenoxy) is 1. The van der Waals surface area contributed by atoms with Gasteiger partial charge < -0.3 is 15.4 Å². The summed E-state index contributed by atoms with van der Waals surface area (Å²) in [6, 6.07) is 0.622. The lowest BCUT2D eigenvalue weighted by Gasteiger charge is -2.32. The molecule has 0 aromatic carbocycles. The lowest BCUT2D eigenvalue weighted by molar-refractivity contribution is -0.121. The standard InChI is InChI=1S/C13H26N2O2/c1-9(2)12-7-11(5-6-17-12)14-8-13(16)15-10(3)4/h9-12,14H,5-8H2,1-4H3,(H,15,16). The molecule has 1 aliphatic rings. The average Bonchev–Trinajstić information content (AvgIpc) is 2.26. The van der Waals surface area contributed by atoms with E-state index >= 15 is 0 Å². The van der Waals surface area contributed by atoms with Gasteiger partial charge in [0, 0.05) is 18.7 Å². The van der Waals surface area contributed by atoms with Gasteiger partial charge in [0.15, 0.2) is 0 Å². The van der Waals surface area contributed by atoms with E-state index in [2.05, 4.69) is 24.5 Å². The monoisotopic (exact) mass is 242 g/mol. The second-order valence-electron chi connectivity index (χ2n) is 5.48. The molecular weight excluding hydrogens is 216 g/mol. The summed E-state index contributed by atoms with van der Waals surface area (Å²) < 4.78 is 5.70. The molecule has 2 N–H and O–H groups in total. The van der Waals surface area contributed by atoms with Crippen LogP contribution in [0.1, 0.15) is 40.5 Å². The van der Waals surface area contributed by atoms with Gasteiger partial charge in [0.2, 0.25) is 5.91 Å². The Morgan fingerprint density at radius 2 is 2.06 bits per heavy atom. The van der Waals surface area contributed by atoms with Crippen LogP contribution < -0.4 is 10.6 Å². The Morgan fingerprint density at radius 3 is 2.65 bits per heavy atom. The maximum absolute atomic E-state index is 11.5. The fourth-order valence-electron chi connectivity index (χ4n) is 2.09. The topological polar surface area (TPSA) is 50.4 Å². The molecule has 100 valence electrons. The molecule has 0 aromatic heterocycles. The molecule has 1 fully saturated rings. The highest BCUT2D eigenvalue weighted by molar-refractivity contribution is 5.78. The van der Waals surface area contributed by atoms with Crippen LogP contribution in [0.3, 0.4) is 0 Å². The largest absolute Gasteiger partial charge is 0.378 e. The predicted molar refractivity (Wildman–Crippen MR) is 68.9 cm³/mol. The molecule has 0 saturated carbocycles. The van der Waals surface area contributed by atoms with Crippen molar-refractivity contribution in [3.05, 3.63) is 0 Å². The fraction of sp³-hybridized carbons (Fsp3) is 0.923. The summed E-state index contributed by atoms with van der Waals surface area (Å²) in [7, 11) is 0. The zero-order chi connectivity index (χ0) is 12.8. The molecule has 0 aliphatic carbocycles. The molecule has 1 aliphatic heterocycles. The minimum atomic E-state index is 0.0765. The van der Waals surface area contributed by atoms with Crippen molar-refractivity contribution in [3.63, 3.8) is 0 Å². The van der Waals surface area contributed by atoms with Gasteiger partial charge in [-0.1, -0.05) is 13.8 Å². The molecule has 1 amide bonds. The van der Waals surface area contributed by atoms with Crippen LogP contribution in [-0.4, -0.2) is 37.2 Å². The van der Waals surface area contributed by atoms with Crippen molar-refractivity contribution in [2.75, 3.05) is 13.2 Å². The SMILES string of the molecule is CC(C)NC(=O)CNC1CCOC(C(C)C)C1. The highest BCUT2D eigenvalue weighted by Gasteiger charge is 2.24.